The van der Waals surface area contributed by atoms with Crippen molar-refractivity contribution in [2.24, 2.45) is 0 Å². The van der Waals surface area contributed by atoms with Crippen LogP contribution in [0.4, 0.5) is 5.69 Å². The molecule has 0 atom stereocenters. The first kappa shape index (κ1) is 12.7. The van der Waals surface area contributed by atoms with Gasteiger partial charge in [-0.15, -0.1) is 0 Å². The lowest BCUT2D eigenvalue weighted by Crippen LogP contribution is -2.25. The second-order valence-corrected chi connectivity index (χ2v) is 4.93. The van der Waals surface area contributed by atoms with Crippen LogP contribution in [-0.4, -0.2) is 24.5 Å². The molecule has 0 fully saturated rings. The zero-order valence-corrected chi connectivity index (χ0v) is 11.3. The van der Waals surface area contributed by atoms with E-state index in [1.54, 1.807) is 0 Å². The Bertz CT molecular complexity index is 432. The number of para-hydroxylation sites is 1. The average Bonchev–Trinajstić information content (AvgIpc) is 2.40. The Kier molecular flexibility index (Phi) is 4.46. The molecule has 96 valence electrons. The van der Waals surface area contributed by atoms with Gasteiger partial charge in [0.25, 0.3) is 0 Å². The van der Waals surface area contributed by atoms with Crippen LogP contribution < -0.4 is 5.32 Å². The molecule has 2 heteroatoms. The van der Waals surface area contributed by atoms with Crippen molar-refractivity contribution in [3.05, 3.63) is 54.3 Å². The molecule has 0 saturated heterocycles. The Morgan fingerprint density at radius 3 is 2.78 bits per heavy atom. The van der Waals surface area contributed by atoms with Crippen LogP contribution in [0, 0.1) is 0 Å². The first-order chi connectivity index (χ1) is 8.77. The minimum atomic E-state index is 0.562. The number of benzene rings is 1. The standard InChI is InChI=1S/C16H22N2/c1-14(2)15-8-4-5-9-16(15)17-10-13-18-11-6-3-7-12-18/h3-9,11,14,17H,10,12-13H2,1-2H3. The van der Waals surface area contributed by atoms with Crippen LogP contribution in [0.25, 0.3) is 0 Å². The van der Waals surface area contributed by atoms with E-state index in [9.17, 15) is 0 Å². The van der Waals surface area contributed by atoms with E-state index in [1.165, 1.54) is 11.3 Å². The molecule has 1 aromatic rings. The summed E-state index contributed by atoms with van der Waals surface area (Å²) in [6.45, 7) is 7.50. The fourth-order valence-electron chi connectivity index (χ4n) is 2.17. The third-order valence-corrected chi connectivity index (χ3v) is 3.18. The predicted octanol–water partition coefficient (Wildman–Crippen LogP) is 3.61. The molecule has 1 N–H and O–H groups in total. The summed E-state index contributed by atoms with van der Waals surface area (Å²) in [5.74, 6) is 0.562. The average molecular weight is 242 g/mol. The molecule has 1 heterocycles. The molecule has 0 bridgehead atoms. The minimum Gasteiger partial charge on any atom is -0.383 e. The molecule has 1 aliphatic rings. The van der Waals surface area contributed by atoms with Crippen molar-refractivity contribution in [1.29, 1.82) is 0 Å². The van der Waals surface area contributed by atoms with E-state index in [0.29, 0.717) is 5.92 Å². The van der Waals surface area contributed by atoms with Gasteiger partial charge in [-0.05, 0) is 29.8 Å². The van der Waals surface area contributed by atoms with Crippen LogP contribution in [0.5, 0.6) is 0 Å². The van der Waals surface area contributed by atoms with Gasteiger partial charge in [-0.3, -0.25) is 0 Å². The molecule has 2 rings (SSSR count). The maximum absolute atomic E-state index is 3.54. The van der Waals surface area contributed by atoms with Crippen LogP contribution in [0.3, 0.4) is 0 Å². The molecular formula is C16H22N2. The van der Waals surface area contributed by atoms with Crippen LogP contribution in [0.1, 0.15) is 25.3 Å². The molecule has 0 spiro atoms. The normalized spacial score (nSPS) is 14.3. The topological polar surface area (TPSA) is 15.3 Å². The van der Waals surface area contributed by atoms with Crippen molar-refractivity contribution in [1.82, 2.24) is 4.90 Å². The second-order valence-electron chi connectivity index (χ2n) is 4.93. The number of rotatable bonds is 5. The number of hydrogen-bond acceptors (Lipinski definition) is 2. The molecule has 0 radical (unpaired) electrons. The zero-order valence-electron chi connectivity index (χ0n) is 11.3. The van der Waals surface area contributed by atoms with Gasteiger partial charge >= 0.3 is 0 Å². The Morgan fingerprint density at radius 2 is 2.06 bits per heavy atom. The number of hydrogen-bond donors (Lipinski definition) is 1. The summed E-state index contributed by atoms with van der Waals surface area (Å²) < 4.78 is 0. The fourth-order valence-corrected chi connectivity index (χ4v) is 2.17. The van der Waals surface area contributed by atoms with Crippen LogP contribution in [0.15, 0.2) is 48.7 Å². The Hall–Kier alpha value is -1.70. The molecule has 0 saturated carbocycles. The van der Waals surface area contributed by atoms with Gasteiger partial charge in [0.2, 0.25) is 0 Å². The molecule has 0 aliphatic carbocycles. The summed E-state index contributed by atoms with van der Waals surface area (Å²) in [6.07, 6.45) is 8.52. The summed E-state index contributed by atoms with van der Waals surface area (Å²) in [7, 11) is 0. The van der Waals surface area contributed by atoms with E-state index < -0.39 is 0 Å². The molecule has 0 unspecified atom stereocenters. The van der Waals surface area contributed by atoms with Gasteiger partial charge < -0.3 is 10.2 Å². The highest BCUT2D eigenvalue weighted by Crippen LogP contribution is 2.23. The highest BCUT2D eigenvalue weighted by atomic mass is 15.1. The lowest BCUT2D eigenvalue weighted by Gasteiger charge is -2.21. The molecule has 0 amide bonds. The summed E-state index contributed by atoms with van der Waals surface area (Å²) in [4.78, 5) is 2.31. The summed E-state index contributed by atoms with van der Waals surface area (Å²) >= 11 is 0. The number of nitrogens with one attached hydrogen (secondary N) is 1. The third kappa shape index (κ3) is 3.39. The van der Waals surface area contributed by atoms with Crippen molar-refractivity contribution in [2.75, 3.05) is 25.0 Å². The van der Waals surface area contributed by atoms with Gasteiger partial charge in [-0.25, -0.2) is 0 Å². The minimum absolute atomic E-state index is 0.562. The first-order valence-corrected chi connectivity index (χ1v) is 6.67. The van der Waals surface area contributed by atoms with Crippen molar-refractivity contribution < 1.29 is 0 Å². The van der Waals surface area contributed by atoms with Gasteiger partial charge in [0.15, 0.2) is 0 Å². The number of nitrogens with zero attached hydrogens (tertiary/aromatic N) is 1. The highest BCUT2D eigenvalue weighted by molar-refractivity contribution is 5.52. The summed E-state index contributed by atoms with van der Waals surface area (Å²) in [5, 5.41) is 3.54. The molecule has 0 aromatic heterocycles. The monoisotopic (exact) mass is 242 g/mol. The third-order valence-electron chi connectivity index (χ3n) is 3.18. The smallest absolute Gasteiger partial charge is 0.0375 e. The molecule has 1 aromatic carbocycles. The SMILES string of the molecule is CC(C)c1ccccc1NCCN1C=CC=CC1. The largest absolute Gasteiger partial charge is 0.383 e. The van der Waals surface area contributed by atoms with Crippen molar-refractivity contribution >= 4 is 5.69 Å². The van der Waals surface area contributed by atoms with E-state index in [0.717, 1.165) is 19.6 Å². The lowest BCUT2D eigenvalue weighted by atomic mass is 10.0. The van der Waals surface area contributed by atoms with Crippen molar-refractivity contribution in [2.45, 2.75) is 19.8 Å². The maximum Gasteiger partial charge on any atom is 0.0375 e. The quantitative estimate of drug-likeness (QED) is 0.848. The Labute approximate surface area is 110 Å². The van der Waals surface area contributed by atoms with E-state index in [2.05, 4.69) is 72.8 Å². The van der Waals surface area contributed by atoms with Gasteiger partial charge in [0, 0.05) is 25.3 Å². The second kappa shape index (κ2) is 6.29. The number of anilines is 1. The summed E-state index contributed by atoms with van der Waals surface area (Å²) in [6, 6.07) is 8.58. The van der Waals surface area contributed by atoms with Gasteiger partial charge in [0.1, 0.15) is 0 Å². The van der Waals surface area contributed by atoms with Crippen LogP contribution >= 0.6 is 0 Å². The van der Waals surface area contributed by atoms with Crippen molar-refractivity contribution in [3.63, 3.8) is 0 Å². The summed E-state index contributed by atoms with van der Waals surface area (Å²) in [5.41, 5.74) is 2.66. The molecule has 18 heavy (non-hydrogen) atoms. The zero-order chi connectivity index (χ0) is 12.8. The Balaban J connectivity index is 1.86. The van der Waals surface area contributed by atoms with Crippen molar-refractivity contribution in [3.8, 4) is 0 Å². The molecule has 2 nitrogen and oxygen atoms in total. The lowest BCUT2D eigenvalue weighted by molar-refractivity contribution is 0.427. The van der Waals surface area contributed by atoms with E-state index >= 15 is 0 Å². The van der Waals surface area contributed by atoms with Crippen LogP contribution in [0.2, 0.25) is 0 Å². The van der Waals surface area contributed by atoms with Crippen LogP contribution in [-0.2, 0) is 0 Å². The maximum atomic E-state index is 3.54. The fraction of sp³-hybridized carbons (Fsp3) is 0.375. The van der Waals surface area contributed by atoms with E-state index in [-0.39, 0.29) is 0 Å². The number of allylic oxidation sites excluding steroid dienone is 2. The predicted molar refractivity (Wildman–Crippen MR) is 78.9 cm³/mol. The van der Waals surface area contributed by atoms with Gasteiger partial charge in [0.05, 0.1) is 0 Å². The van der Waals surface area contributed by atoms with Gasteiger partial charge in [-0.2, -0.15) is 0 Å². The van der Waals surface area contributed by atoms with E-state index in [4.69, 9.17) is 0 Å². The van der Waals surface area contributed by atoms with E-state index in [1.807, 2.05) is 0 Å². The highest BCUT2D eigenvalue weighted by Gasteiger charge is 2.05. The molecular weight excluding hydrogens is 220 g/mol. The van der Waals surface area contributed by atoms with Gasteiger partial charge in [-0.1, -0.05) is 44.2 Å². The molecule has 1 aliphatic heterocycles. The first-order valence-electron chi connectivity index (χ1n) is 6.67. The Morgan fingerprint density at radius 1 is 1.22 bits per heavy atom.